The first-order valence-electron chi connectivity index (χ1n) is 13.1. The van der Waals surface area contributed by atoms with Crippen molar-refractivity contribution >= 4 is 29.2 Å². The predicted molar refractivity (Wildman–Crippen MR) is 140 cm³/mol. The number of nitrogens with zero attached hydrogens (tertiary/aromatic N) is 2. The number of epoxide rings is 1. The highest BCUT2D eigenvalue weighted by molar-refractivity contribution is 7.09. The summed E-state index contributed by atoms with van der Waals surface area (Å²) in [6.07, 6.45) is 1.83. The Kier molecular flexibility index (Phi) is 9.33. The van der Waals surface area contributed by atoms with E-state index in [-0.39, 0.29) is 36.2 Å². The molecular weight excluding hydrogens is 492 g/mol. The van der Waals surface area contributed by atoms with Crippen LogP contribution in [0.1, 0.15) is 84.3 Å². The van der Waals surface area contributed by atoms with E-state index in [1.807, 2.05) is 32.2 Å². The number of rotatable bonds is 3. The van der Waals surface area contributed by atoms with Crippen LogP contribution < -0.4 is 0 Å². The quantitative estimate of drug-likeness (QED) is 0.436. The molecule has 1 aromatic rings. The van der Waals surface area contributed by atoms with Gasteiger partial charge in [0.05, 0.1) is 53.9 Å². The van der Waals surface area contributed by atoms with Crippen LogP contribution in [0.4, 0.5) is 0 Å². The maximum Gasteiger partial charge on any atom is 0.309 e. The molecular formula is C28H40N2O6S. The molecule has 2 fully saturated rings. The summed E-state index contributed by atoms with van der Waals surface area (Å²) >= 11 is 1.41. The van der Waals surface area contributed by atoms with E-state index in [0.717, 1.165) is 29.8 Å². The number of esters is 1. The van der Waals surface area contributed by atoms with Crippen LogP contribution in [0.25, 0.3) is 6.08 Å². The van der Waals surface area contributed by atoms with Crippen LogP contribution in [-0.4, -0.2) is 57.0 Å². The van der Waals surface area contributed by atoms with Gasteiger partial charge in [0.1, 0.15) is 16.9 Å². The number of hydrogen-bond donors (Lipinski definition) is 2. The zero-order valence-corrected chi connectivity index (χ0v) is 23.5. The number of thiazole rings is 1. The van der Waals surface area contributed by atoms with E-state index in [4.69, 9.17) is 14.7 Å². The van der Waals surface area contributed by atoms with Gasteiger partial charge in [-0.15, -0.1) is 11.3 Å². The summed E-state index contributed by atoms with van der Waals surface area (Å²) in [6, 6.07) is 2.09. The molecule has 2 aliphatic rings. The fraction of sp³-hybridized carbons (Fsp3) is 0.714. The second kappa shape index (κ2) is 11.7. The molecule has 0 radical (unpaired) electrons. The molecule has 0 saturated carbocycles. The molecule has 1 aromatic heterocycles. The standard InChI is InChI=1S/C28H40N2O6S/c1-16-8-7-10-28(6)22(36-28)13-20(17(2)12-19-15-37-23(30-19)9-11-29)35-24(32)14-21(31)27(4,5)26(34)18(3)25(16)33/h12,15-16,18,20-22,25,31,33H,7-10,13-14H2,1-6H3/b17-12+/t16-,18+,20-,21-,22-,25-,28+/m0/s1. The number of aliphatic hydroxyl groups is 2. The fourth-order valence-corrected chi connectivity index (χ4v) is 5.84. The molecule has 2 N–H and O–H groups in total. The lowest BCUT2D eigenvalue weighted by Crippen LogP contribution is -2.45. The average molecular weight is 533 g/mol. The van der Waals surface area contributed by atoms with Gasteiger partial charge in [0, 0.05) is 17.7 Å². The molecule has 37 heavy (non-hydrogen) atoms. The van der Waals surface area contributed by atoms with Gasteiger partial charge in [0.15, 0.2) is 0 Å². The zero-order valence-electron chi connectivity index (χ0n) is 22.7. The van der Waals surface area contributed by atoms with Gasteiger partial charge in [-0.3, -0.25) is 9.59 Å². The number of aliphatic hydroxyl groups excluding tert-OH is 2. The molecule has 9 heteroatoms. The van der Waals surface area contributed by atoms with Crippen molar-refractivity contribution in [2.45, 2.75) is 110 Å². The third kappa shape index (κ3) is 7.05. The Balaban J connectivity index is 1.85. The number of ketones is 1. The first-order valence-corrected chi connectivity index (χ1v) is 13.9. The number of hydrogen-bond acceptors (Lipinski definition) is 9. The van der Waals surface area contributed by atoms with Gasteiger partial charge in [-0.2, -0.15) is 5.26 Å². The van der Waals surface area contributed by atoms with Crippen LogP contribution >= 0.6 is 11.3 Å². The lowest BCUT2D eigenvalue weighted by Gasteiger charge is -2.34. The highest BCUT2D eigenvalue weighted by Crippen LogP contribution is 2.45. The van der Waals surface area contributed by atoms with Gasteiger partial charge in [0.25, 0.3) is 0 Å². The van der Waals surface area contributed by atoms with E-state index in [2.05, 4.69) is 11.1 Å². The van der Waals surface area contributed by atoms with Gasteiger partial charge in [-0.1, -0.05) is 34.1 Å². The number of cyclic esters (lactones) is 1. The Morgan fingerprint density at radius 2 is 2.00 bits per heavy atom. The van der Waals surface area contributed by atoms with Gasteiger partial charge in [0.2, 0.25) is 0 Å². The van der Waals surface area contributed by atoms with E-state index in [1.54, 1.807) is 20.8 Å². The monoisotopic (exact) mass is 532 g/mol. The fourth-order valence-electron chi connectivity index (χ4n) is 5.16. The molecule has 204 valence electrons. The Bertz CT molecular complexity index is 1060. The Morgan fingerprint density at radius 1 is 1.30 bits per heavy atom. The molecule has 2 saturated heterocycles. The Labute approximate surface area is 223 Å². The normalized spacial score (nSPS) is 35.8. The molecule has 0 aromatic carbocycles. The number of carbonyl (C=O) groups excluding carboxylic acids is 2. The van der Waals surface area contributed by atoms with Gasteiger partial charge >= 0.3 is 5.97 Å². The number of carbonyl (C=O) groups is 2. The van der Waals surface area contributed by atoms with Crippen LogP contribution in [0.15, 0.2) is 11.0 Å². The predicted octanol–water partition coefficient (Wildman–Crippen LogP) is 4.24. The molecule has 0 amide bonds. The molecule has 2 aliphatic heterocycles. The zero-order chi connectivity index (χ0) is 27.5. The average Bonchev–Trinajstić information content (AvgIpc) is 3.24. The first-order chi connectivity index (χ1) is 17.3. The molecule has 3 heterocycles. The summed E-state index contributed by atoms with van der Waals surface area (Å²) in [5.41, 5.74) is -0.0806. The SMILES string of the molecule is C/C(=C\c1csc(CC#N)n1)[C@@H]1C[C@@H]2O[C@]2(C)CCC[C@H](C)[C@H](O)[C@@H](C)C(=O)C(C)(C)[C@@H](O)CC(=O)O1. The molecule has 0 unspecified atom stereocenters. The second-order valence-electron chi connectivity index (χ2n) is 11.5. The van der Waals surface area contributed by atoms with E-state index in [9.17, 15) is 19.8 Å². The summed E-state index contributed by atoms with van der Waals surface area (Å²) < 4.78 is 11.9. The van der Waals surface area contributed by atoms with Gasteiger partial charge in [-0.05, 0) is 44.3 Å². The third-order valence-corrected chi connectivity index (χ3v) is 8.96. The maximum absolute atomic E-state index is 13.2. The Morgan fingerprint density at radius 3 is 2.68 bits per heavy atom. The van der Waals surface area contributed by atoms with E-state index in [1.165, 1.54) is 11.3 Å². The minimum absolute atomic E-state index is 0.0896. The largest absolute Gasteiger partial charge is 0.458 e. The van der Waals surface area contributed by atoms with Crippen LogP contribution in [0, 0.1) is 28.6 Å². The van der Waals surface area contributed by atoms with Gasteiger partial charge in [-0.25, -0.2) is 4.98 Å². The molecule has 0 spiro atoms. The number of Topliss-reactive ketones (excluding diaryl/α,β-unsaturated/α-hetero) is 1. The van der Waals surface area contributed by atoms with E-state index < -0.39 is 35.6 Å². The van der Waals surface area contributed by atoms with Crippen molar-refractivity contribution < 1.29 is 29.3 Å². The second-order valence-corrected chi connectivity index (χ2v) is 12.4. The smallest absolute Gasteiger partial charge is 0.309 e. The van der Waals surface area contributed by atoms with Crippen molar-refractivity contribution in [3.63, 3.8) is 0 Å². The van der Waals surface area contributed by atoms with Crippen molar-refractivity contribution in [2.75, 3.05) is 0 Å². The number of nitriles is 1. The third-order valence-electron chi connectivity index (χ3n) is 8.09. The maximum atomic E-state index is 13.2. The van der Waals surface area contributed by atoms with Crippen LogP contribution in [0.2, 0.25) is 0 Å². The summed E-state index contributed by atoms with van der Waals surface area (Å²) in [6.45, 7) is 10.8. The van der Waals surface area contributed by atoms with Crippen molar-refractivity contribution in [3.8, 4) is 6.07 Å². The molecule has 3 rings (SSSR count). The van der Waals surface area contributed by atoms with Crippen LogP contribution in [0.5, 0.6) is 0 Å². The number of aromatic nitrogens is 1. The van der Waals surface area contributed by atoms with Gasteiger partial charge < -0.3 is 19.7 Å². The van der Waals surface area contributed by atoms with Crippen LogP contribution in [-0.2, 0) is 25.5 Å². The summed E-state index contributed by atoms with van der Waals surface area (Å²) in [5.74, 6) is -1.65. The van der Waals surface area contributed by atoms with Crippen molar-refractivity contribution in [3.05, 3.63) is 21.7 Å². The molecule has 0 aliphatic carbocycles. The summed E-state index contributed by atoms with van der Waals surface area (Å²) in [7, 11) is 0. The number of ether oxygens (including phenoxy) is 2. The Hall–Kier alpha value is -2.12. The minimum atomic E-state index is -1.26. The van der Waals surface area contributed by atoms with Crippen molar-refractivity contribution in [1.29, 1.82) is 5.26 Å². The minimum Gasteiger partial charge on any atom is -0.458 e. The summed E-state index contributed by atoms with van der Waals surface area (Å²) in [5, 5.41) is 33.2. The van der Waals surface area contributed by atoms with Crippen LogP contribution in [0.3, 0.4) is 0 Å². The highest BCUT2D eigenvalue weighted by atomic mass is 32.1. The molecule has 7 atom stereocenters. The molecule has 8 nitrogen and oxygen atoms in total. The molecule has 0 bridgehead atoms. The topological polar surface area (TPSA) is 133 Å². The summed E-state index contributed by atoms with van der Waals surface area (Å²) in [4.78, 5) is 30.7. The lowest BCUT2D eigenvalue weighted by molar-refractivity contribution is -0.154. The van der Waals surface area contributed by atoms with E-state index in [0.29, 0.717) is 12.1 Å². The lowest BCUT2D eigenvalue weighted by atomic mass is 9.73. The first kappa shape index (κ1) is 29.4. The van der Waals surface area contributed by atoms with Crippen molar-refractivity contribution in [2.24, 2.45) is 17.3 Å². The van der Waals surface area contributed by atoms with Crippen molar-refractivity contribution in [1.82, 2.24) is 4.98 Å². The number of fused-ring (bicyclic) bond motifs is 1. The highest BCUT2D eigenvalue weighted by Gasteiger charge is 2.53. The van der Waals surface area contributed by atoms with E-state index >= 15 is 0 Å².